The van der Waals surface area contributed by atoms with Crippen molar-refractivity contribution in [3.05, 3.63) is 58.0 Å². The van der Waals surface area contributed by atoms with Crippen LogP contribution in [0.2, 0.25) is 0 Å². The molecule has 1 saturated heterocycles. The Morgan fingerprint density at radius 3 is 2.29 bits per heavy atom. The SMILES string of the molecule is O=C(CN(Cc1ccc(F)cc1)C1CCCCC1)N1CCN(C(=O)c2cccs2)CC1. The summed E-state index contributed by atoms with van der Waals surface area (Å²) in [4.78, 5) is 32.4. The summed E-state index contributed by atoms with van der Waals surface area (Å²) < 4.78 is 13.3. The number of halogens is 1. The maximum absolute atomic E-state index is 13.3. The van der Waals surface area contributed by atoms with Crippen LogP contribution in [0.15, 0.2) is 41.8 Å². The van der Waals surface area contributed by atoms with Crippen LogP contribution < -0.4 is 0 Å². The fourth-order valence-corrected chi connectivity index (χ4v) is 5.26. The van der Waals surface area contributed by atoms with Gasteiger partial charge < -0.3 is 9.80 Å². The van der Waals surface area contributed by atoms with Gasteiger partial charge in [-0.3, -0.25) is 14.5 Å². The van der Waals surface area contributed by atoms with Crippen LogP contribution in [0.5, 0.6) is 0 Å². The minimum absolute atomic E-state index is 0.0576. The van der Waals surface area contributed by atoms with Crippen molar-refractivity contribution in [2.45, 2.75) is 44.7 Å². The lowest BCUT2D eigenvalue weighted by molar-refractivity contribution is -0.134. The van der Waals surface area contributed by atoms with E-state index >= 15 is 0 Å². The van der Waals surface area contributed by atoms with E-state index in [0.29, 0.717) is 45.3 Å². The highest BCUT2D eigenvalue weighted by Crippen LogP contribution is 2.24. The molecule has 2 fully saturated rings. The third-order valence-corrected chi connectivity index (χ3v) is 7.24. The average molecular weight is 444 g/mol. The van der Waals surface area contributed by atoms with Crippen molar-refractivity contribution in [3.63, 3.8) is 0 Å². The zero-order valence-electron chi connectivity index (χ0n) is 17.8. The summed E-state index contributed by atoms with van der Waals surface area (Å²) in [7, 11) is 0. The predicted octanol–water partition coefficient (Wildman–Crippen LogP) is 4.01. The first-order chi connectivity index (χ1) is 15.1. The van der Waals surface area contributed by atoms with Crippen LogP contribution in [0.25, 0.3) is 0 Å². The number of thiophene rings is 1. The Morgan fingerprint density at radius 1 is 0.968 bits per heavy atom. The lowest BCUT2D eigenvalue weighted by Crippen LogP contribution is -2.53. The van der Waals surface area contributed by atoms with Crippen molar-refractivity contribution < 1.29 is 14.0 Å². The van der Waals surface area contributed by atoms with E-state index in [-0.39, 0.29) is 17.6 Å². The van der Waals surface area contributed by atoms with Crippen molar-refractivity contribution in [2.24, 2.45) is 0 Å². The van der Waals surface area contributed by atoms with Gasteiger partial charge in [0.15, 0.2) is 0 Å². The van der Waals surface area contributed by atoms with Gasteiger partial charge in [-0.25, -0.2) is 4.39 Å². The van der Waals surface area contributed by atoms with Gasteiger partial charge in [-0.05, 0) is 42.0 Å². The Kier molecular flexibility index (Phi) is 7.35. The first-order valence-corrected chi connectivity index (χ1v) is 12.1. The number of carbonyl (C=O) groups is 2. The zero-order valence-corrected chi connectivity index (χ0v) is 18.7. The molecule has 7 heteroatoms. The Labute approximate surface area is 187 Å². The second-order valence-corrected chi connectivity index (χ2v) is 9.42. The zero-order chi connectivity index (χ0) is 21.6. The summed E-state index contributed by atoms with van der Waals surface area (Å²) in [6.07, 6.45) is 5.87. The summed E-state index contributed by atoms with van der Waals surface area (Å²) in [5.41, 5.74) is 1.03. The quantitative estimate of drug-likeness (QED) is 0.678. The molecule has 166 valence electrons. The van der Waals surface area contributed by atoms with E-state index in [9.17, 15) is 14.0 Å². The molecule has 2 aromatic rings. The van der Waals surface area contributed by atoms with Gasteiger partial charge in [0.2, 0.25) is 5.91 Å². The molecule has 5 nitrogen and oxygen atoms in total. The van der Waals surface area contributed by atoms with Crippen molar-refractivity contribution >= 4 is 23.2 Å². The highest BCUT2D eigenvalue weighted by molar-refractivity contribution is 7.12. The monoisotopic (exact) mass is 443 g/mol. The number of hydrogen-bond acceptors (Lipinski definition) is 4. The molecule has 0 spiro atoms. The molecule has 1 aromatic heterocycles. The first kappa shape index (κ1) is 22.0. The highest BCUT2D eigenvalue weighted by atomic mass is 32.1. The van der Waals surface area contributed by atoms with Crippen LogP contribution in [-0.2, 0) is 11.3 Å². The van der Waals surface area contributed by atoms with Crippen LogP contribution in [0.4, 0.5) is 4.39 Å². The van der Waals surface area contributed by atoms with Crippen LogP contribution >= 0.6 is 11.3 Å². The molecule has 1 aliphatic carbocycles. The fourth-order valence-electron chi connectivity index (χ4n) is 4.57. The largest absolute Gasteiger partial charge is 0.338 e. The Balaban J connectivity index is 1.35. The number of rotatable bonds is 6. The van der Waals surface area contributed by atoms with Gasteiger partial charge in [0.25, 0.3) is 5.91 Å². The van der Waals surface area contributed by atoms with E-state index in [1.54, 1.807) is 0 Å². The molecule has 0 unspecified atom stereocenters. The van der Waals surface area contributed by atoms with Gasteiger partial charge in [-0.15, -0.1) is 11.3 Å². The average Bonchev–Trinajstić information content (AvgIpc) is 3.35. The normalized spacial score (nSPS) is 17.9. The highest BCUT2D eigenvalue weighted by Gasteiger charge is 2.28. The molecule has 0 atom stereocenters. The van der Waals surface area contributed by atoms with Gasteiger partial charge in [0, 0.05) is 38.8 Å². The van der Waals surface area contributed by atoms with E-state index in [2.05, 4.69) is 4.90 Å². The topological polar surface area (TPSA) is 43.9 Å². The maximum Gasteiger partial charge on any atom is 0.264 e. The number of hydrogen-bond donors (Lipinski definition) is 0. The molecular formula is C24H30FN3O2S. The molecule has 2 amide bonds. The minimum Gasteiger partial charge on any atom is -0.338 e. The molecule has 0 bridgehead atoms. The molecule has 1 aliphatic heterocycles. The number of amides is 2. The maximum atomic E-state index is 13.3. The summed E-state index contributed by atoms with van der Waals surface area (Å²) >= 11 is 1.46. The van der Waals surface area contributed by atoms with Crippen LogP contribution in [0, 0.1) is 5.82 Å². The van der Waals surface area contributed by atoms with Crippen LogP contribution in [0.1, 0.15) is 47.3 Å². The van der Waals surface area contributed by atoms with Crippen molar-refractivity contribution in [1.29, 1.82) is 0 Å². The lowest BCUT2D eigenvalue weighted by atomic mass is 9.93. The summed E-state index contributed by atoms with van der Waals surface area (Å²) in [6, 6.07) is 10.7. The smallest absolute Gasteiger partial charge is 0.264 e. The summed E-state index contributed by atoms with van der Waals surface area (Å²) in [5, 5.41) is 1.91. The van der Waals surface area contributed by atoms with Gasteiger partial charge in [-0.1, -0.05) is 37.5 Å². The Hall–Kier alpha value is -2.25. The number of nitrogens with zero attached hydrogens (tertiary/aromatic N) is 3. The Bertz CT molecular complexity index is 857. The lowest BCUT2D eigenvalue weighted by Gasteiger charge is -2.38. The summed E-state index contributed by atoms with van der Waals surface area (Å²) in [5.74, 6) is -0.0582. The van der Waals surface area contributed by atoms with Gasteiger partial charge in [-0.2, -0.15) is 0 Å². The molecule has 0 radical (unpaired) electrons. The number of benzene rings is 1. The van der Waals surface area contributed by atoms with E-state index in [1.165, 1.54) is 42.7 Å². The molecule has 31 heavy (non-hydrogen) atoms. The molecule has 2 heterocycles. The van der Waals surface area contributed by atoms with Crippen molar-refractivity contribution in [2.75, 3.05) is 32.7 Å². The third-order valence-electron chi connectivity index (χ3n) is 6.38. The van der Waals surface area contributed by atoms with Crippen LogP contribution in [0.3, 0.4) is 0 Å². The van der Waals surface area contributed by atoms with Gasteiger partial charge in [0.1, 0.15) is 5.82 Å². The second kappa shape index (κ2) is 10.4. The van der Waals surface area contributed by atoms with E-state index in [1.807, 2.05) is 39.4 Å². The van der Waals surface area contributed by atoms with E-state index in [4.69, 9.17) is 0 Å². The van der Waals surface area contributed by atoms with Gasteiger partial charge >= 0.3 is 0 Å². The minimum atomic E-state index is -0.237. The van der Waals surface area contributed by atoms with Gasteiger partial charge in [0.05, 0.1) is 11.4 Å². The molecule has 4 rings (SSSR count). The van der Waals surface area contributed by atoms with Crippen LogP contribution in [-0.4, -0.2) is 65.3 Å². The predicted molar refractivity (Wildman–Crippen MR) is 120 cm³/mol. The molecule has 2 aliphatic rings. The molecule has 1 saturated carbocycles. The summed E-state index contributed by atoms with van der Waals surface area (Å²) in [6.45, 7) is 3.33. The van der Waals surface area contributed by atoms with E-state index < -0.39 is 0 Å². The number of carbonyl (C=O) groups excluding carboxylic acids is 2. The molecular weight excluding hydrogens is 413 g/mol. The first-order valence-electron chi connectivity index (χ1n) is 11.2. The molecule has 0 N–H and O–H groups in total. The number of piperazine rings is 1. The second-order valence-electron chi connectivity index (χ2n) is 8.47. The standard InChI is InChI=1S/C24H30FN3O2S/c25-20-10-8-19(9-11-20)17-28(21-5-2-1-3-6-21)18-23(29)26-12-14-27(15-13-26)24(30)22-7-4-16-31-22/h4,7-11,16,21H,1-3,5-6,12-15,17-18H2. The Morgan fingerprint density at radius 2 is 1.65 bits per heavy atom. The fraction of sp³-hybridized carbons (Fsp3) is 0.500. The van der Waals surface area contributed by atoms with Crippen molar-refractivity contribution in [1.82, 2.24) is 14.7 Å². The van der Waals surface area contributed by atoms with Crippen molar-refractivity contribution in [3.8, 4) is 0 Å². The third kappa shape index (κ3) is 5.71. The molecule has 1 aromatic carbocycles. The van der Waals surface area contributed by atoms with E-state index in [0.717, 1.165) is 23.3 Å².